The molecule has 40 valence electrons. The van der Waals surface area contributed by atoms with E-state index < -0.39 is 0 Å². The Balaban J connectivity index is 0. The summed E-state index contributed by atoms with van der Waals surface area (Å²) in [7, 11) is 4.11. The van der Waals surface area contributed by atoms with Gasteiger partial charge >= 0.3 is 17.6 Å². The second-order valence-electron chi connectivity index (χ2n) is 1.40. The summed E-state index contributed by atoms with van der Waals surface area (Å²) in [5, 5.41) is 0. The second kappa shape index (κ2) is 5.50. The van der Waals surface area contributed by atoms with E-state index >= 15 is 0 Å². The van der Waals surface area contributed by atoms with Crippen molar-refractivity contribution in [3.63, 3.8) is 0 Å². The summed E-state index contributed by atoms with van der Waals surface area (Å²) < 4.78 is 0. The van der Waals surface area contributed by atoms with Crippen molar-refractivity contribution in [2.75, 3.05) is 20.6 Å². The Kier molecular flexibility index (Phi) is 8.91. The van der Waals surface area contributed by atoms with Crippen LogP contribution in [-0.4, -0.2) is 43.1 Å². The van der Waals surface area contributed by atoms with Crippen LogP contribution in [0.15, 0.2) is 0 Å². The van der Waals surface area contributed by atoms with Gasteiger partial charge in [-0.05, 0) is 20.6 Å². The molecular formula is C4H15GeN. The Morgan fingerprint density at radius 3 is 1.50 bits per heavy atom. The molecule has 0 rings (SSSR count). The first kappa shape index (κ1) is 9.71. The third-order valence-electron chi connectivity index (χ3n) is 0.632. The first-order chi connectivity index (χ1) is 2.27. The van der Waals surface area contributed by atoms with Crippen molar-refractivity contribution in [3.8, 4) is 0 Å². The molecule has 0 bridgehead atoms. The third-order valence-corrected chi connectivity index (χ3v) is 0.632. The maximum atomic E-state index is 2.12. The van der Waals surface area contributed by atoms with Crippen LogP contribution in [0.25, 0.3) is 0 Å². The monoisotopic (exact) mass is 151 g/mol. The zero-order valence-corrected chi connectivity index (χ0v) is 4.15. The number of hydrogen-bond acceptors (Lipinski definition) is 1. The molecule has 0 N–H and O–H groups in total. The first-order valence-corrected chi connectivity index (χ1v) is 1.92. The van der Waals surface area contributed by atoms with Crippen LogP contribution in [0.4, 0.5) is 0 Å². The van der Waals surface area contributed by atoms with Crippen LogP contribution >= 0.6 is 0 Å². The molecule has 0 saturated heterocycles. The number of nitrogens with zero attached hydrogens (tertiary/aromatic N) is 1. The molecule has 6 heavy (non-hydrogen) atoms. The normalized spacial score (nSPS) is 8.00. The molecule has 0 heterocycles. The van der Waals surface area contributed by atoms with Crippen molar-refractivity contribution in [1.82, 2.24) is 4.90 Å². The molecule has 0 unspecified atom stereocenters. The fourth-order valence-corrected chi connectivity index (χ4v) is 0. The Morgan fingerprint density at radius 2 is 1.50 bits per heavy atom. The van der Waals surface area contributed by atoms with Gasteiger partial charge in [0.05, 0.1) is 0 Å². The molecule has 2 heteroatoms. The van der Waals surface area contributed by atoms with Crippen LogP contribution in [0.2, 0.25) is 0 Å². The molecule has 0 aliphatic heterocycles. The maximum absolute atomic E-state index is 2.12. The second-order valence-corrected chi connectivity index (χ2v) is 1.40. The first-order valence-electron chi connectivity index (χ1n) is 1.92. The molecule has 0 aromatic rings. The number of rotatable bonds is 1. The standard InChI is InChI=1S/C4H11N.GeH4/c1-4-5(2)3;/h4H2,1-3H3;1H4. The predicted molar refractivity (Wildman–Crippen MR) is 35.6 cm³/mol. The van der Waals surface area contributed by atoms with E-state index in [1.165, 1.54) is 0 Å². The van der Waals surface area contributed by atoms with Gasteiger partial charge in [0.1, 0.15) is 0 Å². The summed E-state index contributed by atoms with van der Waals surface area (Å²) in [6, 6.07) is 0. The predicted octanol–water partition coefficient (Wildman–Crippen LogP) is -0.884. The number of hydrogen-bond donors (Lipinski definition) is 0. The Hall–Kier alpha value is 0.503. The van der Waals surface area contributed by atoms with Gasteiger partial charge in [0.25, 0.3) is 0 Å². The molecule has 1 nitrogen and oxygen atoms in total. The van der Waals surface area contributed by atoms with Gasteiger partial charge < -0.3 is 4.90 Å². The average molecular weight is 150 g/mol. The Bertz CT molecular complexity index is 21.5. The van der Waals surface area contributed by atoms with Crippen molar-refractivity contribution in [2.24, 2.45) is 0 Å². The molecule has 0 radical (unpaired) electrons. The summed E-state index contributed by atoms with van der Waals surface area (Å²) in [5.74, 6) is 0. The molecule has 0 aromatic carbocycles. The molecular weight excluding hydrogens is 135 g/mol. The SMILES string of the molecule is CCN(C)C.[GeH4]. The average Bonchev–Trinajstić information content (AvgIpc) is 1.38. The van der Waals surface area contributed by atoms with Crippen molar-refractivity contribution in [2.45, 2.75) is 6.92 Å². The van der Waals surface area contributed by atoms with Crippen molar-refractivity contribution < 1.29 is 0 Å². The molecule has 0 saturated carbocycles. The summed E-state index contributed by atoms with van der Waals surface area (Å²) in [6.07, 6.45) is 0. The van der Waals surface area contributed by atoms with Crippen molar-refractivity contribution >= 4 is 17.6 Å². The fourth-order valence-electron chi connectivity index (χ4n) is 0. The topological polar surface area (TPSA) is 3.24 Å². The van der Waals surface area contributed by atoms with Crippen LogP contribution < -0.4 is 0 Å². The van der Waals surface area contributed by atoms with E-state index in [4.69, 9.17) is 0 Å². The van der Waals surface area contributed by atoms with E-state index in [2.05, 4.69) is 25.9 Å². The van der Waals surface area contributed by atoms with Crippen LogP contribution in [-0.2, 0) is 0 Å². The van der Waals surface area contributed by atoms with Gasteiger partial charge in [0.2, 0.25) is 0 Å². The summed E-state index contributed by atoms with van der Waals surface area (Å²) >= 11 is 0. The molecule has 0 atom stereocenters. The molecule has 0 amide bonds. The van der Waals surface area contributed by atoms with E-state index in [1.54, 1.807) is 0 Å². The van der Waals surface area contributed by atoms with E-state index in [1.807, 2.05) is 0 Å². The zero-order chi connectivity index (χ0) is 4.28. The quantitative estimate of drug-likeness (QED) is 0.438. The Labute approximate surface area is 50.7 Å². The van der Waals surface area contributed by atoms with Crippen LogP contribution in [0, 0.1) is 0 Å². The van der Waals surface area contributed by atoms with Gasteiger partial charge in [-0.1, -0.05) is 6.92 Å². The van der Waals surface area contributed by atoms with Gasteiger partial charge in [-0.3, -0.25) is 0 Å². The van der Waals surface area contributed by atoms with Gasteiger partial charge in [0.15, 0.2) is 0 Å². The van der Waals surface area contributed by atoms with Crippen molar-refractivity contribution in [3.05, 3.63) is 0 Å². The minimum absolute atomic E-state index is 0. The zero-order valence-electron chi connectivity index (χ0n) is 4.15. The van der Waals surface area contributed by atoms with Crippen LogP contribution in [0.5, 0.6) is 0 Å². The van der Waals surface area contributed by atoms with Gasteiger partial charge in [0, 0.05) is 0 Å². The van der Waals surface area contributed by atoms with Gasteiger partial charge in [-0.2, -0.15) is 0 Å². The van der Waals surface area contributed by atoms with Crippen LogP contribution in [0.3, 0.4) is 0 Å². The Morgan fingerprint density at radius 1 is 1.33 bits per heavy atom. The minimum atomic E-state index is 0. The van der Waals surface area contributed by atoms with Crippen LogP contribution in [0.1, 0.15) is 6.92 Å². The van der Waals surface area contributed by atoms with Gasteiger partial charge in [-0.25, -0.2) is 0 Å². The summed E-state index contributed by atoms with van der Waals surface area (Å²) in [6.45, 7) is 3.26. The summed E-state index contributed by atoms with van der Waals surface area (Å²) in [5.41, 5.74) is 0. The van der Waals surface area contributed by atoms with E-state index in [9.17, 15) is 0 Å². The molecule has 0 aliphatic rings. The third kappa shape index (κ3) is 8.82. The van der Waals surface area contributed by atoms with E-state index in [-0.39, 0.29) is 17.6 Å². The van der Waals surface area contributed by atoms with Gasteiger partial charge in [-0.15, -0.1) is 0 Å². The molecule has 0 spiro atoms. The van der Waals surface area contributed by atoms with E-state index in [0.717, 1.165) is 6.54 Å². The van der Waals surface area contributed by atoms with E-state index in [0.29, 0.717) is 0 Å². The molecule has 0 aliphatic carbocycles. The fraction of sp³-hybridized carbons (Fsp3) is 1.00. The summed E-state index contributed by atoms with van der Waals surface area (Å²) in [4.78, 5) is 2.12. The molecule has 0 aromatic heterocycles. The van der Waals surface area contributed by atoms with Crippen molar-refractivity contribution in [1.29, 1.82) is 0 Å². The molecule has 0 fully saturated rings.